The van der Waals surface area contributed by atoms with E-state index in [9.17, 15) is 18.0 Å². The Hall–Kier alpha value is -2.13. The highest BCUT2D eigenvalue weighted by atomic mass is 32.2. The zero-order valence-electron chi connectivity index (χ0n) is 15.4. The van der Waals surface area contributed by atoms with Crippen molar-refractivity contribution in [2.45, 2.75) is 57.1 Å². The Balaban J connectivity index is 2.64. The summed E-state index contributed by atoms with van der Waals surface area (Å²) < 4.78 is 31.9. The van der Waals surface area contributed by atoms with E-state index in [1.165, 1.54) is 12.1 Å². The number of benzene rings is 1. The molecule has 0 aliphatic carbocycles. The molecule has 0 heterocycles. The number of hydrogen-bond donors (Lipinski definition) is 3. The highest BCUT2D eigenvalue weighted by Crippen LogP contribution is 2.11. The number of ether oxygens (including phenoxy) is 1. The second kappa shape index (κ2) is 9.00. The molecule has 1 aromatic rings. The maximum atomic E-state index is 12.2. The van der Waals surface area contributed by atoms with Crippen molar-refractivity contribution in [2.24, 2.45) is 0 Å². The summed E-state index contributed by atoms with van der Waals surface area (Å²) in [5.74, 6) is -1.10. The molecule has 0 saturated carbocycles. The Bertz CT molecular complexity index is 723. The van der Waals surface area contributed by atoms with Crippen LogP contribution < -0.4 is 10.0 Å². The molecule has 0 radical (unpaired) electrons. The van der Waals surface area contributed by atoms with Crippen LogP contribution in [0.1, 0.15) is 39.2 Å². The average molecular weight is 386 g/mol. The number of sulfonamides is 1. The van der Waals surface area contributed by atoms with Crippen LogP contribution in [0.3, 0.4) is 0 Å². The molecule has 8 nitrogen and oxygen atoms in total. The molecule has 0 spiro atoms. The Morgan fingerprint density at radius 2 is 1.77 bits per heavy atom. The van der Waals surface area contributed by atoms with Gasteiger partial charge < -0.3 is 15.2 Å². The number of aliphatic carboxylic acids is 1. The molecule has 1 amide bonds. The first-order valence-corrected chi connectivity index (χ1v) is 9.65. The molecule has 0 aromatic heterocycles. The first-order chi connectivity index (χ1) is 11.9. The summed E-state index contributed by atoms with van der Waals surface area (Å²) in [7, 11) is -3.70. The first-order valence-electron chi connectivity index (χ1n) is 8.17. The number of alkyl carbamates (subject to hydrolysis) is 1. The van der Waals surface area contributed by atoms with E-state index in [0.29, 0.717) is 0 Å². The number of carboxylic acids is 1. The molecular weight excluding hydrogens is 360 g/mol. The zero-order chi connectivity index (χ0) is 20.0. The third kappa shape index (κ3) is 8.30. The molecule has 1 aromatic carbocycles. The van der Waals surface area contributed by atoms with E-state index < -0.39 is 33.7 Å². The summed E-state index contributed by atoms with van der Waals surface area (Å²) in [6.07, 6.45) is -0.979. The van der Waals surface area contributed by atoms with Crippen LogP contribution in [0.15, 0.2) is 29.2 Å². The van der Waals surface area contributed by atoms with Gasteiger partial charge in [-0.1, -0.05) is 17.7 Å². The van der Waals surface area contributed by atoms with Crippen LogP contribution in [0.5, 0.6) is 0 Å². The Morgan fingerprint density at radius 1 is 1.19 bits per heavy atom. The van der Waals surface area contributed by atoms with E-state index in [1.807, 2.05) is 6.92 Å². The number of carboxylic acid groups (broad SMARTS) is 1. The summed E-state index contributed by atoms with van der Waals surface area (Å²) in [6, 6.07) is 5.59. The lowest BCUT2D eigenvalue weighted by Crippen LogP contribution is -2.42. The lowest BCUT2D eigenvalue weighted by atomic mass is 10.1. The number of carbonyl (C=O) groups excluding carboxylic acids is 1. The van der Waals surface area contributed by atoms with Gasteiger partial charge >= 0.3 is 12.1 Å². The van der Waals surface area contributed by atoms with Crippen LogP contribution in [0.2, 0.25) is 0 Å². The topological polar surface area (TPSA) is 122 Å². The fraction of sp³-hybridized carbons (Fsp3) is 0.529. The largest absolute Gasteiger partial charge is 0.481 e. The second-order valence-electron chi connectivity index (χ2n) is 6.94. The van der Waals surface area contributed by atoms with Crippen molar-refractivity contribution in [2.75, 3.05) is 6.54 Å². The average Bonchev–Trinajstić information content (AvgIpc) is 2.44. The summed E-state index contributed by atoms with van der Waals surface area (Å²) in [6.45, 7) is 6.89. The lowest BCUT2D eigenvalue weighted by molar-refractivity contribution is -0.137. The summed E-state index contributed by atoms with van der Waals surface area (Å²) >= 11 is 0. The number of carbonyl (C=O) groups is 2. The number of hydrogen-bond acceptors (Lipinski definition) is 5. The summed E-state index contributed by atoms with van der Waals surface area (Å²) in [5, 5.41) is 11.4. The SMILES string of the molecule is Cc1ccc(S(=O)(=O)NCC[C@@H](CC(=O)O)NC(=O)OC(C)(C)C)cc1. The molecular formula is C17H26N2O6S. The zero-order valence-corrected chi connectivity index (χ0v) is 16.2. The molecule has 0 aliphatic rings. The Morgan fingerprint density at radius 3 is 2.27 bits per heavy atom. The molecule has 3 N–H and O–H groups in total. The van der Waals surface area contributed by atoms with Crippen molar-refractivity contribution in [3.8, 4) is 0 Å². The predicted molar refractivity (Wildman–Crippen MR) is 96.4 cm³/mol. The minimum absolute atomic E-state index is 0.0239. The highest BCUT2D eigenvalue weighted by molar-refractivity contribution is 7.89. The van der Waals surface area contributed by atoms with Gasteiger partial charge in [-0.25, -0.2) is 17.9 Å². The highest BCUT2D eigenvalue weighted by Gasteiger charge is 2.22. The van der Waals surface area contributed by atoms with E-state index in [1.54, 1.807) is 32.9 Å². The number of aryl methyl sites for hydroxylation is 1. The Kier molecular flexibility index (Phi) is 7.58. The molecule has 0 unspecified atom stereocenters. The van der Waals surface area contributed by atoms with E-state index in [0.717, 1.165) is 5.56 Å². The van der Waals surface area contributed by atoms with Gasteiger partial charge in [0.2, 0.25) is 10.0 Å². The quantitative estimate of drug-likeness (QED) is 0.628. The van der Waals surface area contributed by atoms with Crippen LogP contribution >= 0.6 is 0 Å². The van der Waals surface area contributed by atoms with Crippen LogP contribution in [0.25, 0.3) is 0 Å². The van der Waals surface area contributed by atoms with Crippen molar-refractivity contribution < 1.29 is 27.9 Å². The van der Waals surface area contributed by atoms with E-state index in [2.05, 4.69) is 10.0 Å². The number of amides is 1. The fourth-order valence-corrected chi connectivity index (χ4v) is 3.13. The standard InChI is InChI=1S/C17H26N2O6S/c1-12-5-7-14(8-6-12)26(23,24)18-10-9-13(11-15(20)21)19-16(22)25-17(2,3)4/h5-8,13,18H,9-11H2,1-4H3,(H,19,22)(H,20,21)/t13-/m0/s1. The van der Waals surface area contributed by atoms with E-state index >= 15 is 0 Å². The predicted octanol–water partition coefficient (Wildman–Crippen LogP) is 2.03. The molecule has 0 saturated heterocycles. The lowest BCUT2D eigenvalue weighted by Gasteiger charge is -2.23. The van der Waals surface area contributed by atoms with E-state index in [4.69, 9.17) is 9.84 Å². The van der Waals surface area contributed by atoms with Gasteiger partial charge in [0, 0.05) is 12.6 Å². The molecule has 26 heavy (non-hydrogen) atoms. The third-order valence-corrected chi connectivity index (χ3v) is 4.73. The smallest absolute Gasteiger partial charge is 0.407 e. The molecule has 9 heteroatoms. The van der Waals surface area contributed by atoms with Gasteiger partial charge in [-0.2, -0.15) is 0 Å². The van der Waals surface area contributed by atoms with Gasteiger partial charge in [-0.3, -0.25) is 4.79 Å². The fourth-order valence-electron chi connectivity index (χ4n) is 2.08. The van der Waals surface area contributed by atoms with Crippen LogP contribution in [0, 0.1) is 6.92 Å². The van der Waals surface area contributed by atoms with Crippen LogP contribution in [-0.4, -0.2) is 43.8 Å². The van der Waals surface area contributed by atoms with Gasteiger partial charge in [-0.15, -0.1) is 0 Å². The van der Waals surface area contributed by atoms with Crippen molar-refractivity contribution in [1.82, 2.24) is 10.0 Å². The van der Waals surface area contributed by atoms with Crippen LogP contribution in [0.4, 0.5) is 4.79 Å². The maximum Gasteiger partial charge on any atom is 0.407 e. The monoisotopic (exact) mass is 386 g/mol. The van der Waals surface area contributed by atoms with Crippen molar-refractivity contribution in [1.29, 1.82) is 0 Å². The third-order valence-electron chi connectivity index (χ3n) is 3.26. The molecule has 1 atom stereocenters. The molecule has 0 bridgehead atoms. The number of rotatable bonds is 8. The number of nitrogens with one attached hydrogen (secondary N) is 2. The molecule has 146 valence electrons. The second-order valence-corrected chi connectivity index (χ2v) is 8.71. The van der Waals surface area contributed by atoms with Crippen molar-refractivity contribution >= 4 is 22.1 Å². The Labute approximate surface area is 154 Å². The van der Waals surface area contributed by atoms with Crippen LogP contribution in [-0.2, 0) is 19.6 Å². The van der Waals surface area contributed by atoms with Gasteiger partial charge in [-0.05, 0) is 46.2 Å². The summed E-state index contributed by atoms with van der Waals surface area (Å²) in [5.41, 5.74) is 0.220. The van der Waals surface area contributed by atoms with E-state index in [-0.39, 0.29) is 24.3 Å². The van der Waals surface area contributed by atoms with Crippen molar-refractivity contribution in [3.05, 3.63) is 29.8 Å². The maximum absolute atomic E-state index is 12.2. The normalized spacial score (nSPS) is 13.1. The molecule has 1 rings (SSSR count). The first kappa shape index (κ1) is 21.9. The van der Waals surface area contributed by atoms with Gasteiger partial charge in [0.1, 0.15) is 5.60 Å². The molecule has 0 aliphatic heterocycles. The van der Waals surface area contributed by atoms with Gasteiger partial charge in [0.25, 0.3) is 0 Å². The minimum Gasteiger partial charge on any atom is -0.481 e. The van der Waals surface area contributed by atoms with Gasteiger partial charge in [0.05, 0.1) is 11.3 Å². The van der Waals surface area contributed by atoms with Gasteiger partial charge in [0.15, 0.2) is 0 Å². The minimum atomic E-state index is -3.70. The van der Waals surface area contributed by atoms with Crippen molar-refractivity contribution in [3.63, 3.8) is 0 Å². The summed E-state index contributed by atoms with van der Waals surface area (Å²) in [4.78, 5) is 22.9. The molecule has 0 fully saturated rings.